The molecule has 1 aromatic heterocycles. The molecule has 0 bridgehead atoms. The fourth-order valence-corrected chi connectivity index (χ4v) is 5.57. The van der Waals surface area contributed by atoms with Crippen LogP contribution in [0.15, 0.2) is 59.2 Å². The van der Waals surface area contributed by atoms with Crippen LogP contribution in [-0.2, 0) is 0 Å². The van der Waals surface area contributed by atoms with E-state index in [0.717, 1.165) is 43.2 Å². The topological polar surface area (TPSA) is 96.1 Å². The summed E-state index contributed by atoms with van der Waals surface area (Å²) in [6, 6.07) is 12.2. The first-order chi connectivity index (χ1) is 17.7. The molecular formula is C26H24F3N3O5. The highest BCUT2D eigenvalue weighted by molar-refractivity contribution is 6.07. The molecule has 8 nitrogen and oxygen atoms in total. The van der Waals surface area contributed by atoms with Crippen molar-refractivity contribution in [1.29, 1.82) is 0 Å². The Hall–Kier alpha value is -4.02. The van der Waals surface area contributed by atoms with Crippen molar-refractivity contribution < 1.29 is 37.0 Å². The number of carboxylic acid groups (broad SMARTS) is 1. The zero-order valence-electron chi connectivity index (χ0n) is 19.8. The molecule has 3 aromatic rings. The number of aromatic carboxylic acids is 1. The number of amides is 1. The van der Waals surface area contributed by atoms with E-state index in [1.165, 1.54) is 12.1 Å². The Balaban J connectivity index is 1.52. The fourth-order valence-electron chi connectivity index (χ4n) is 5.57. The number of hydrogen-bond donors (Lipinski definition) is 1. The van der Waals surface area contributed by atoms with E-state index in [1.807, 2.05) is 36.1 Å². The Bertz CT molecular complexity index is 1310. The van der Waals surface area contributed by atoms with Crippen LogP contribution in [0.3, 0.4) is 0 Å². The van der Waals surface area contributed by atoms with Gasteiger partial charge in [0.25, 0.3) is 11.9 Å². The minimum Gasteiger partial charge on any atom is -0.476 e. The number of carbonyl (C=O) groups is 2. The second-order valence-electron chi connectivity index (χ2n) is 9.02. The summed E-state index contributed by atoms with van der Waals surface area (Å²) in [7, 11) is 0. The fraction of sp³-hybridized carbons (Fsp3) is 0.346. The number of ether oxygens (including phenoxy) is 1. The molecule has 3 atom stereocenters. The first-order valence-corrected chi connectivity index (χ1v) is 11.9. The maximum Gasteiger partial charge on any atom is 0.573 e. The lowest BCUT2D eigenvalue weighted by Gasteiger charge is -2.47. The average molecular weight is 515 g/mol. The number of benzene rings is 2. The van der Waals surface area contributed by atoms with Crippen molar-refractivity contribution in [3.05, 3.63) is 71.6 Å². The van der Waals surface area contributed by atoms with Gasteiger partial charge in [0.15, 0.2) is 5.69 Å². The highest BCUT2D eigenvalue weighted by Crippen LogP contribution is 2.51. The third kappa shape index (κ3) is 4.61. The van der Waals surface area contributed by atoms with Crippen LogP contribution < -0.4 is 14.5 Å². The molecule has 1 amide bonds. The summed E-state index contributed by atoms with van der Waals surface area (Å²) in [6.45, 7) is 2.43. The summed E-state index contributed by atoms with van der Waals surface area (Å²) >= 11 is 0. The number of halogens is 3. The van der Waals surface area contributed by atoms with Gasteiger partial charge < -0.3 is 24.1 Å². The summed E-state index contributed by atoms with van der Waals surface area (Å²) in [5.74, 6) is -1.88. The van der Waals surface area contributed by atoms with Crippen molar-refractivity contribution in [2.24, 2.45) is 5.92 Å². The standard InChI is InChI=1S/C26H24F3N3O5/c1-2-31(25-30-19(14-36-25)24(34)35)22-17-6-3-4-8-20(17)32(21-9-5-7-18(21)22)23(33)15-10-12-16(13-11-15)37-26(27,28)29/h3-4,6,8,10-14,18,21-22H,2,5,7,9H2,1H3,(H,34,35)/t18-,21+,22+/m1/s1. The van der Waals surface area contributed by atoms with E-state index in [0.29, 0.717) is 12.2 Å². The minimum atomic E-state index is -4.82. The Kier molecular flexibility index (Phi) is 6.30. The van der Waals surface area contributed by atoms with Crippen LogP contribution in [0.1, 0.15) is 58.6 Å². The highest BCUT2D eigenvalue weighted by Gasteiger charge is 2.48. The number of aromatic nitrogens is 1. The number of alkyl halides is 3. The van der Waals surface area contributed by atoms with Gasteiger partial charge in [0.1, 0.15) is 12.0 Å². The summed E-state index contributed by atoms with van der Waals surface area (Å²) in [4.78, 5) is 33.0. The van der Waals surface area contributed by atoms with Gasteiger partial charge in [-0.2, -0.15) is 4.98 Å². The molecule has 5 rings (SSSR count). The van der Waals surface area contributed by atoms with Crippen molar-refractivity contribution in [1.82, 2.24) is 4.98 Å². The zero-order chi connectivity index (χ0) is 26.3. The largest absolute Gasteiger partial charge is 0.573 e. The van der Waals surface area contributed by atoms with Gasteiger partial charge in [0.2, 0.25) is 0 Å². The number of oxazole rings is 1. The number of carboxylic acids is 1. The number of rotatable bonds is 6. The van der Waals surface area contributed by atoms with Crippen molar-refractivity contribution >= 4 is 23.6 Å². The molecule has 1 saturated carbocycles. The lowest BCUT2D eigenvalue weighted by molar-refractivity contribution is -0.274. The van der Waals surface area contributed by atoms with Gasteiger partial charge in [-0.05, 0) is 55.7 Å². The van der Waals surface area contributed by atoms with Crippen molar-refractivity contribution in [2.75, 3.05) is 16.3 Å². The lowest BCUT2D eigenvalue weighted by Crippen LogP contribution is -2.51. The first kappa shape index (κ1) is 24.7. The van der Waals surface area contributed by atoms with Crippen LogP contribution in [0.4, 0.5) is 24.9 Å². The van der Waals surface area contributed by atoms with E-state index < -0.39 is 18.1 Å². The van der Waals surface area contributed by atoms with Gasteiger partial charge in [-0.25, -0.2) is 4.79 Å². The van der Waals surface area contributed by atoms with Gasteiger partial charge in [0, 0.05) is 29.8 Å². The number of anilines is 2. The van der Waals surface area contributed by atoms with Crippen LogP contribution >= 0.6 is 0 Å². The van der Waals surface area contributed by atoms with Gasteiger partial charge in [-0.15, -0.1) is 13.2 Å². The summed E-state index contributed by atoms with van der Waals surface area (Å²) < 4.78 is 47.2. The predicted molar refractivity (Wildman–Crippen MR) is 127 cm³/mol. The number of nitrogens with zero attached hydrogens (tertiary/aromatic N) is 3. The number of carbonyl (C=O) groups excluding carboxylic acids is 1. The van der Waals surface area contributed by atoms with Crippen LogP contribution in [0.5, 0.6) is 5.75 Å². The molecule has 1 aliphatic carbocycles. The third-order valence-electron chi connectivity index (χ3n) is 6.97. The number of para-hydroxylation sites is 1. The molecule has 0 unspecified atom stereocenters. The van der Waals surface area contributed by atoms with E-state index >= 15 is 0 Å². The second kappa shape index (κ2) is 9.45. The van der Waals surface area contributed by atoms with Gasteiger partial charge in [-0.1, -0.05) is 24.6 Å². The molecular weight excluding hydrogens is 491 g/mol. The van der Waals surface area contributed by atoms with Crippen LogP contribution in [-0.4, -0.2) is 40.9 Å². The Morgan fingerprint density at radius 1 is 1.16 bits per heavy atom. The smallest absolute Gasteiger partial charge is 0.476 e. The molecule has 1 N–H and O–H groups in total. The van der Waals surface area contributed by atoms with E-state index in [-0.39, 0.29) is 41.2 Å². The normalized spacial score (nSPS) is 20.8. The molecule has 194 valence electrons. The third-order valence-corrected chi connectivity index (χ3v) is 6.97. The van der Waals surface area contributed by atoms with Crippen LogP contribution in [0.25, 0.3) is 0 Å². The molecule has 11 heteroatoms. The van der Waals surface area contributed by atoms with Crippen LogP contribution in [0.2, 0.25) is 0 Å². The van der Waals surface area contributed by atoms with Gasteiger partial charge in [0.05, 0.1) is 6.04 Å². The molecule has 2 aromatic carbocycles. The van der Waals surface area contributed by atoms with E-state index in [9.17, 15) is 27.9 Å². The predicted octanol–water partition coefficient (Wildman–Crippen LogP) is 5.67. The van der Waals surface area contributed by atoms with Crippen molar-refractivity contribution in [3.8, 4) is 5.75 Å². The molecule has 1 fully saturated rings. The Labute approximate surface area is 210 Å². The monoisotopic (exact) mass is 515 g/mol. The second-order valence-corrected chi connectivity index (χ2v) is 9.02. The SMILES string of the molecule is CCN(c1nc(C(=O)O)co1)[C@H]1c2ccccc2N(C(=O)c2ccc(OC(F)(F)F)cc2)[C@H]2CCC[C@@H]12. The first-order valence-electron chi connectivity index (χ1n) is 11.9. The molecule has 0 spiro atoms. The number of hydrogen-bond acceptors (Lipinski definition) is 6. The molecule has 0 saturated heterocycles. The quantitative estimate of drug-likeness (QED) is 0.452. The molecule has 2 aliphatic rings. The van der Waals surface area contributed by atoms with Gasteiger partial charge in [-0.3, -0.25) is 4.79 Å². The van der Waals surface area contributed by atoms with E-state index in [4.69, 9.17) is 4.42 Å². The molecule has 2 heterocycles. The van der Waals surface area contributed by atoms with E-state index in [2.05, 4.69) is 9.72 Å². The average Bonchev–Trinajstić information content (AvgIpc) is 3.54. The van der Waals surface area contributed by atoms with Crippen molar-refractivity contribution in [2.45, 2.75) is 44.6 Å². The van der Waals surface area contributed by atoms with Crippen LogP contribution in [0, 0.1) is 5.92 Å². The molecule has 37 heavy (non-hydrogen) atoms. The summed E-state index contributed by atoms with van der Waals surface area (Å²) in [5.41, 5.74) is 1.63. The summed E-state index contributed by atoms with van der Waals surface area (Å²) in [5, 5.41) is 9.30. The van der Waals surface area contributed by atoms with E-state index in [1.54, 1.807) is 4.90 Å². The Morgan fingerprint density at radius 3 is 2.54 bits per heavy atom. The number of fused-ring (bicyclic) bond motifs is 2. The highest BCUT2D eigenvalue weighted by atomic mass is 19.4. The zero-order valence-corrected chi connectivity index (χ0v) is 19.8. The molecule has 0 radical (unpaired) electrons. The van der Waals surface area contributed by atoms with Gasteiger partial charge >= 0.3 is 12.3 Å². The maximum absolute atomic E-state index is 13.7. The Morgan fingerprint density at radius 2 is 1.89 bits per heavy atom. The maximum atomic E-state index is 13.7. The van der Waals surface area contributed by atoms with Crippen molar-refractivity contribution in [3.63, 3.8) is 0 Å². The lowest BCUT2D eigenvalue weighted by atomic mass is 9.81. The molecule has 1 aliphatic heterocycles. The minimum absolute atomic E-state index is 0.00631. The summed E-state index contributed by atoms with van der Waals surface area (Å²) in [6.07, 6.45) is -1.24.